The monoisotopic (exact) mass is 324 g/mol. The van der Waals surface area contributed by atoms with Gasteiger partial charge in [-0.2, -0.15) is 4.98 Å². The van der Waals surface area contributed by atoms with Gasteiger partial charge >= 0.3 is 0 Å². The van der Waals surface area contributed by atoms with Crippen LogP contribution in [0, 0.1) is 0 Å². The van der Waals surface area contributed by atoms with Gasteiger partial charge in [0, 0.05) is 19.3 Å². The van der Waals surface area contributed by atoms with E-state index in [2.05, 4.69) is 15.4 Å². The number of hydrogen-bond donors (Lipinski definition) is 1. The molecular formula is C14H14Cl2N4O. The highest BCUT2D eigenvalue weighted by Crippen LogP contribution is 2.36. The van der Waals surface area contributed by atoms with Crippen LogP contribution in [0.2, 0.25) is 10.0 Å². The van der Waals surface area contributed by atoms with Crippen molar-refractivity contribution in [1.82, 2.24) is 14.8 Å². The quantitative estimate of drug-likeness (QED) is 0.922. The second kappa shape index (κ2) is 5.66. The minimum atomic E-state index is -0.174. The van der Waals surface area contributed by atoms with E-state index in [4.69, 9.17) is 23.2 Å². The second-order valence-electron chi connectivity index (χ2n) is 5.09. The van der Waals surface area contributed by atoms with E-state index in [1.807, 2.05) is 16.8 Å². The van der Waals surface area contributed by atoms with Crippen LogP contribution in [0.25, 0.3) is 0 Å². The smallest absolute Gasteiger partial charge is 0.248 e. The van der Waals surface area contributed by atoms with Gasteiger partial charge in [0.15, 0.2) is 0 Å². The highest BCUT2D eigenvalue weighted by Gasteiger charge is 2.25. The SMILES string of the molecule is CC(=O)Nc1nc2n(n1)CC(c1cccc(Cl)c1Cl)CC2. The first kappa shape index (κ1) is 14.4. The molecule has 1 aliphatic rings. The minimum absolute atomic E-state index is 0.174. The van der Waals surface area contributed by atoms with Crippen molar-refractivity contribution in [3.8, 4) is 0 Å². The number of nitrogens with zero attached hydrogens (tertiary/aromatic N) is 3. The molecule has 1 amide bonds. The maximum atomic E-state index is 11.1. The van der Waals surface area contributed by atoms with E-state index in [1.165, 1.54) is 6.92 Å². The van der Waals surface area contributed by atoms with Crippen molar-refractivity contribution in [3.05, 3.63) is 39.6 Å². The zero-order valence-electron chi connectivity index (χ0n) is 11.4. The Balaban J connectivity index is 1.85. The Hall–Kier alpha value is -1.59. The zero-order valence-corrected chi connectivity index (χ0v) is 12.9. The lowest BCUT2D eigenvalue weighted by molar-refractivity contribution is -0.114. The number of fused-ring (bicyclic) bond motifs is 1. The average molecular weight is 325 g/mol. The average Bonchev–Trinajstić information content (AvgIpc) is 2.82. The molecule has 1 unspecified atom stereocenters. The molecule has 2 heterocycles. The summed E-state index contributed by atoms with van der Waals surface area (Å²) < 4.78 is 1.83. The first-order chi connectivity index (χ1) is 10.0. The second-order valence-corrected chi connectivity index (χ2v) is 5.88. The van der Waals surface area contributed by atoms with Crippen LogP contribution in [-0.4, -0.2) is 20.7 Å². The molecule has 21 heavy (non-hydrogen) atoms. The number of nitrogens with one attached hydrogen (secondary N) is 1. The van der Waals surface area contributed by atoms with Gasteiger partial charge in [0.05, 0.1) is 16.6 Å². The molecule has 1 N–H and O–H groups in total. The third-order valence-corrected chi connectivity index (χ3v) is 4.40. The van der Waals surface area contributed by atoms with Crippen LogP contribution in [0.5, 0.6) is 0 Å². The van der Waals surface area contributed by atoms with Crippen LogP contribution in [0.4, 0.5) is 5.95 Å². The number of aryl methyl sites for hydroxylation is 1. The van der Waals surface area contributed by atoms with E-state index in [0.717, 1.165) is 24.2 Å². The number of amides is 1. The summed E-state index contributed by atoms with van der Waals surface area (Å²) in [5.74, 6) is 1.31. The molecule has 1 aromatic carbocycles. The Kier molecular flexibility index (Phi) is 3.87. The summed E-state index contributed by atoms with van der Waals surface area (Å²) >= 11 is 12.4. The fraction of sp³-hybridized carbons (Fsp3) is 0.357. The minimum Gasteiger partial charge on any atom is -0.293 e. The van der Waals surface area contributed by atoms with Crippen LogP contribution in [-0.2, 0) is 17.8 Å². The van der Waals surface area contributed by atoms with Gasteiger partial charge in [0.25, 0.3) is 0 Å². The highest BCUT2D eigenvalue weighted by molar-refractivity contribution is 6.42. The van der Waals surface area contributed by atoms with Crippen molar-refractivity contribution in [3.63, 3.8) is 0 Å². The molecule has 1 aliphatic heterocycles. The van der Waals surface area contributed by atoms with Crippen LogP contribution >= 0.6 is 23.2 Å². The van der Waals surface area contributed by atoms with Crippen LogP contribution in [0.1, 0.15) is 30.7 Å². The molecule has 0 bridgehead atoms. The summed E-state index contributed by atoms with van der Waals surface area (Å²) in [6, 6.07) is 5.69. The summed E-state index contributed by atoms with van der Waals surface area (Å²) in [4.78, 5) is 15.4. The van der Waals surface area contributed by atoms with Crippen molar-refractivity contribution < 1.29 is 4.79 Å². The summed E-state index contributed by atoms with van der Waals surface area (Å²) in [5.41, 5.74) is 1.03. The third-order valence-electron chi connectivity index (χ3n) is 3.57. The van der Waals surface area contributed by atoms with Gasteiger partial charge in [-0.05, 0) is 18.1 Å². The van der Waals surface area contributed by atoms with Gasteiger partial charge in [-0.1, -0.05) is 35.3 Å². The molecule has 0 saturated carbocycles. The largest absolute Gasteiger partial charge is 0.293 e. The van der Waals surface area contributed by atoms with E-state index in [0.29, 0.717) is 22.5 Å². The first-order valence-corrected chi connectivity index (χ1v) is 7.45. The van der Waals surface area contributed by atoms with Gasteiger partial charge < -0.3 is 0 Å². The number of aromatic nitrogens is 3. The molecule has 110 valence electrons. The molecule has 0 saturated heterocycles. The van der Waals surface area contributed by atoms with Gasteiger partial charge in [-0.15, -0.1) is 5.10 Å². The molecule has 0 radical (unpaired) electrons. The van der Waals surface area contributed by atoms with E-state index >= 15 is 0 Å². The topological polar surface area (TPSA) is 59.8 Å². The van der Waals surface area contributed by atoms with Crippen molar-refractivity contribution in [2.45, 2.75) is 32.2 Å². The number of carbonyl (C=O) groups is 1. The summed E-state index contributed by atoms with van der Waals surface area (Å²) in [6.07, 6.45) is 1.72. The van der Waals surface area contributed by atoms with Crippen molar-refractivity contribution >= 4 is 35.1 Å². The zero-order chi connectivity index (χ0) is 15.0. The lowest BCUT2D eigenvalue weighted by Crippen LogP contribution is -2.20. The lowest BCUT2D eigenvalue weighted by Gasteiger charge is -2.23. The van der Waals surface area contributed by atoms with Crippen molar-refractivity contribution in [2.24, 2.45) is 0 Å². The molecule has 0 aliphatic carbocycles. The van der Waals surface area contributed by atoms with Crippen LogP contribution < -0.4 is 5.32 Å². The Labute approximate surface area is 132 Å². The van der Waals surface area contributed by atoms with E-state index in [-0.39, 0.29) is 11.8 Å². The Bertz CT molecular complexity index is 698. The van der Waals surface area contributed by atoms with E-state index < -0.39 is 0 Å². The fourth-order valence-electron chi connectivity index (χ4n) is 2.61. The van der Waals surface area contributed by atoms with Crippen LogP contribution in [0.3, 0.4) is 0 Å². The van der Waals surface area contributed by atoms with Crippen molar-refractivity contribution in [2.75, 3.05) is 5.32 Å². The third kappa shape index (κ3) is 2.89. The molecule has 3 rings (SSSR count). The number of hydrogen-bond acceptors (Lipinski definition) is 3. The maximum absolute atomic E-state index is 11.1. The summed E-state index contributed by atoms with van der Waals surface area (Å²) in [6.45, 7) is 2.12. The molecular weight excluding hydrogens is 311 g/mol. The standard InChI is InChI=1S/C14H14Cl2N4O/c1-8(21)17-14-18-12-6-5-9(7-20(12)19-14)10-3-2-4-11(15)13(10)16/h2-4,9H,5-7H2,1H3,(H,17,19,21). The molecule has 7 heteroatoms. The predicted octanol–water partition coefficient (Wildman–Crippen LogP) is 3.27. The molecule has 0 fully saturated rings. The van der Waals surface area contributed by atoms with Gasteiger partial charge in [0.1, 0.15) is 5.82 Å². The Morgan fingerprint density at radius 1 is 1.43 bits per heavy atom. The lowest BCUT2D eigenvalue weighted by atomic mass is 9.92. The van der Waals surface area contributed by atoms with Crippen molar-refractivity contribution in [1.29, 1.82) is 0 Å². The molecule has 5 nitrogen and oxygen atoms in total. The maximum Gasteiger partial charge on any atom is 0.248 e. The molecule has 2 aromatic rings. The Morgan fingerprint density at radius 2 is 2.24 bits per heavy atom. The van der Waals surface area contributed by atoms with E-state index in [1.54, 1.807) is 6.07 Å². The highest BCUT2D eigenvalue weighted by atomic mass is 35.5. The summed E-state index contributed by atoms with van der Waals surface area (Å²) in [7, 11) is 0. The number of carbonyl (C=O) groups excluding carboxylic acids is 1. The molecule has 1 aromatic heterocycles. The van der Waals surface area contributed by atoms with Gasteiger partial charge in [0.2, 0.25) is 11.9 Å². The summed E-state index contributed by atoms with van der Waals surface area (Å²) in [5, 5.41) is 8.10. The predicted molar refractivity (Wildman–Crippen MR) is 81.8 cm³/mol. The normalized spacial score (nSPS) is 17.4. The molecule has 0 spiro atoms. The van der Waals surface area contributed by atoms with Gasteiger partial charge in [-0.25, -0.2) is 4.68 Å². The van der Waals surface area contributed by atoms with Crippen LogP contribution in [0.15, 0.2) is 18.2 Å². The Morgan fingerprint density at radius 3 is 3.00 bits per heavy atom. The number of rotatable bonds is 2. The number of anilines is 1. The fourth-order valence-corrected chi connectivity index (χ4v) is 3.07. The number of halogens is 2. The first-order valence-electron chi connectivity index (χ1n) is 6.70. The van der Waals surface area contributed by atoms with E-state index in [9.17, 15) is 4.79 Å². The van der Waals surface area contributed by atoms with Gasteiger partial charge in [-0.3, -0.25) is 10.1 Å². The number of benzene rings is 1. The molecule has 1 atom stereocenters.